The molecule has 0 saturated heterocycles. The van der Waals surface area contributed by atoms with E-state index in [0.29, 0.717) is 28.7 Å². The van der Waals surface area contributed by atoms with Crippen LogP contribution in [0.5, 0.6) is 11.5 Å². The van der Waals surface area contributed by atoms with Crippen molar-refractivity contribution in [1.82, 2.24) is 0 Å². The molecule has 0 spiro atoms. The standard InChI is InChI=1S/C22H21ClFNO4/c1-4-13(3)28-20-16(23)10-14(12-19(20)27-5-2)11-18-22(26)29-21(25-18)15-8-6-7-9-17(15)24/h6-13H,4-5H2,1-3H3/b18-11-. The van der Waals surface area contributed by atoms with Crippen LogP contribution in [0.3, 0.4) is 0 Å². The summed E-state index contributed by atoms with van der Waals surface area (Å²) in [5, 5.41) is 0.354. The first-order valence-electron chi connectivity index (χ1n) is 9.33. The second-order valence-corrected chi connectivity index (χ2v) is 6.82. The molecule has 29 heavy (non-hydrogen) atoms. The Labute approximate surface area is 173 Å². The molecule has 0 bridgehead atoms. The summed E-state index contributed by atoms with van der Waals surface area (Å²) in [4.78, 5) is 16.3. The maximum atomic E-state index is 14.0. The smallest absolute Gasteiger partial charge is 0.363 e. The van der Waals surface area contributed by atoms with Crippen LogP contribution in [0, 0.1) is 5.82 Å². The first-order valence-corrected chi connectivity index (χ1v) is 9.71. The Morgan fingerprint density at radius 1 is 1.28 bits per heavy atom. The molecule has 0 aromatic heterocycles. The van der Waals surface area contributed by atoms with Crippen molar-refractivity contribution in [1.29, 1.82) is 0 Å². The SMILES string of the molecule is CCOc1cc(/C=C2\N=C(c3ccccc3F)OC2=O)cc(Cl)c1OC(C)CC. The van der Waals surface area contributed by atoms with Gasteiger partial charge in [-0.2, -0.15) is 0 Å². The summed E-state index contributed by atoms with van der Waals surface area (Å²) in [5.41, 5.74) is 0.743. The molecule has 0 aliphatic carbocycles. The van der Waals surface area contributed by atoms with Gasteiger partial charge < -0.3 is 14.2 Å². The average Bonchev–Trinajstić information content (AvgIpc) is 3.05. The van der Waals surface area contributed by atoms with E-state index in [1.165, 1.54) is 18.2 Å². The van der Waals surface area contributed by atoms with Crippen molar-refractivity contribution < 1.29 is 23.4 Å². The van der Waals surface area contributed by atoms with Crippen molar-refractivity contribution in [3.8, 4) is 11.5 Å². The van der Waals surface area contributed by atoms with Gasteiger partial charge in [0.05, 0.1) is 23.3 Å². The highest BCUT2D eigenvalue weighted by atomic mass is 35.5. The van der Waals surface area contributed by atoms with E-state index in [2.05, 4.69) is 4.99 Å². The van der Waals surface area contributed by atoms with Gasteiger partial charge in [0.25, 0.3) is 0 Å². The molecule has 2 aromatic rings. The Kier molecular flexibility index (Phi) is 6.54. The Morgan fingerprint density at radius 3 is 2.72 bits per heavy atom. The Bertz CT molecular complexity index is 987. The lowest BCUT2D eigenvalue weighted by Crippen LogP contribution is -2.11. The van der Waals surface area contributed by atoms with Gasteiger partial charge in [0.2, 0.25) is 5.90 Å². The number of carbonyl (C=O) groups excluding carboxylic acids is 1. The number of rotatable bonds is 7. The van der Waals surface area contributed by atoms with Gasteiger partial charge >= 0.3 is 5.97 Å². The molecule has 0 fully saturated rings. The number of esters is 1. The zero-order valence-corrected chi connectivity index (χ0v) is 17.1. The van der Waals surface area contributed by atoms with Crippen molar-refractivity contribution in [3.63, 3.8) is 0 Å². The lowest BCUT2D eigenvalue weighted by molar-refractivity contribution is -0.129. The number of ether oxygens (including phenoxy) is 3. The lowest BCUT2D eigenvalue weighted by Gasteiger charge is -2.18. The van der Waals surface area contributed by atoms with Crippen molar-refractivity contribution in [2.45, 2.75) is 33.3 Å². The van der Waals surface area contributed by atoms with E-state index in [4.69, 9.17) is 25.8 Å². The highest BCUT2D eigenvalue weighted by Crippen LogP contribution is 2.38. The van der Waals surface area contributed by atoms with Crippen LogP contribution in [0.1, 0.15) is 38.3 Å². The predicted octanol–water partition coefficient (Wildman–Crippen LogP) is 5.40. The fraction of sp³-hybridized carbons (Fsp3) is 0.273. The molecule has 1 aliphatic heterocycles. The average molecular weight is 418 g/mol. The molecule has 3 rings (SSSR count). The molecule has 152 valence electrons. The van der Waals surface area contributed by atoms with E-state index < -0.39 is 11.8 Å². The van der Waals surface area contributed by atoms with Gasteiger partial charge in [0.1, 0.15) is 5.82 Å². The van der Waals surface area contributed by atoms with Crippen molar-refractivity contribution >= 4 is 29.5 Å². The molecular weight excluding hydrogens is 397 g/mol. The van der Waals surface area contributed by atoms with Gasteiger partial charge in [-0.25, -0.2) is 14.2 Å². The molecule has 0 radical (unpaired) electrons. The zero-order valence-electron chi connectivity index (χ0n) is 16.4. The zero-order chi connectivity index (χ0) is 21.0. The third kappa shape index (κ3) is 4.77. The van der Waals surface area contributed by atoms with E-state index in [9.17, 15) is 9.18 Å². The number of hydrogen-bond donors (Lipinski definition) is 0. The van der Waals surface area contributed by atoms with E-state index in [-0.39, 0.29) is 23.3 Å². The number of halogens is 2. The van der Waals surface area contributed by atoms with Gasteiger partial charge in [-0.05, 0) is 56.2 Å². The van der Waals surface area contributed by atoms with Crippen molar-refractivity contribution in [3.05, 3.63) is 64.1 Å². The molecule has 1 atom stereocenters. The highest BCUT2D eigenvalue weighted by molar-refractivity contribution is 6.32. The Balaban J connectivity index is 1.97. The largest absolute Gasteiger partial charge is 0.490 e. The maximum Gasteiger partial charge on any atom is 0.363 e. The molecule has 1 heterocycles. The number of carbonyl (C=O) groups is 1. The summed E-state index contributed by atoms with van der Waals surface area (Å²) in [6.45, 7) is 6.22. The predicted molar refractivity (Wildman–Crippen MR) is 110 cm³/mol. The first-order chi connectivity index (χ1) is 13.9. The maximum absolute atomic E-state index is 14.0. The Hall–Kier alpha value is -2.86. The summed E-state index contributed by atoms with van der Waals surface area (Å²) >= 11 is 6.40. The topological polar surface area (TPSA) is 57.1 Å². The number of aliphatic imine (C=N–C) groups is 1. The number of benzene rings is 2. The van der Waals surface area contributed by atoms with Gasteiger partial charge in [-0.3, -0.25) is 0 Å². The van der Waals surface area contributed by atoms with Crippen LogP contribution in [0.4, 0.5) is 4.39 Å². The van der Waals surface area contributed by atoms with E-state index in [1.807, 2.05) is 20.8 Å². The molecule has 0 amide bonds. The molecule has 1 aliphatic rings. The molecule has 0 saturated carbocycles. The molecule has 1 unspecified atom stereocenters. The normalized spacial score (nSPS) is 15.8. The Morgan fingerprint density at radius 2 is 2.03 bits per heavy atom. The first kappa shape index (κ1) is 20.9. The van der Waals surface area contributed by atoms with Gasteiger partial charge in [0.15, 0.2) is 17.2 Å². The number of hydrogen-bond acceptors (Lipinski definition) is 5. The summed E-state index contributed by atoms with van der Waals surface area (Å²) < 4.78 is 30.6. The van der Waals surface area contributed by atoms with Crippen molar-refractivity contribution in [2.75, 3.05) is 6.61 Å². The summed E-state index contributed by atoms with van der Waals surface area (Å²) in [7, 11) is 0. The molecule has 2 aromatic carbocycles. The molecule has 5 nitrogen and oxygen atoms in total. The van der Waals surface area contributed by atoms with Crippen LogP contribution < -0.4 is 9.47 Å². The van der Waals surface area contributed by atoms with Crippen LogP contribution in [-0.4, -0.2) is 24.6 Å². The van der Waals surface area contributed by atoms with Crippen LogP contribution >= 0.6 is 11.6 Å². The van der Waals surface area contributed by atoms with E-state index in [1.54, 1.807) is 24.3 Å². The minimum Gasteiger partial charge on any atom is -0.490 e. The summed E-state index contributed by atoms with van der Waals surface area (Å²) in [5.74, 6) is -0.343. The lowest BCUT2D eigenvalue weighted by atomic mass is 10.1. The summed E-state index contributed by atoms with van der Waals surface area (Å²) in [6.07, 6.45) is 2.29. The van der Waals surface area contributed by atoms with E-state index >= 15 is 0 Å². The van der Waals surface area contributed by atoms with Gasteiger partial charge in [-0.1, -0.05) is 30.7 Å². The van der Waals surface area contributed by atoms with Crippen LogP contribution in [0.25, 0.3) is 6.08 Å². The fourth-order valence-corrected chi connectivity index (χ4v) is 2.91. The molecule has 7 heteroatoms. The second kappa shape index (κ2) is 9.09. The number of nitrogens with zero attached hydrogens (tertiary/aromatic N) is 1. The third-order valence-electron chi connectivity index (χ3n) is 4.25. The van der Waals surface area contributed by atoms with Crippen LogP contribution in [0.15, 0.2) is 47.1 Å². The highest BCUT2D eigenvalue weighted by Gasteiger charge is 2.26. The monoisotopic (exact) mass is 417 g/mol. The molecular formula is C22H21ClFNO4. The fourth-order valence-electron chi connectivity index (χ4n) is 2.65. The summed E-state index contributed by atoms with van der Waals surface area (Å²) in [6, 6.07) is 9.32. The van der Waals surface area contributed by atoms with E-state index in [0.717, 1.165) is 6.42 Å². The second-order valence-electron chi connectivity index (χ2n) is 6.42. The van der Waals surface area contributed by atoms with Gasteiger partial charge in [0, 0.05) is 0 Å². The number of cyclic esters (lactones) is 1. The minimum atomic E-state index is -0.669. The van der Waals surface area contributed by atoms with Gasteiger partial charge in [-0.15, -0.1) is 0 Å². The third-order valence-corrected chi connectivity index (χ3v) is 4.53. The molecule has 0 N–H and O–H groups in total. The van der Waals surface area contributed by atoms with Crippen LogP contribution in [-0.2, 0) is 9.53 Å². The van der Waals surface area contributed by atoms with Crippen molar-refractivity contribution in [2.24, 2.45) is 4.99 Å². The quantitative estimate of drug-likeness (QED) is 0.447. The minimum absolute atomic E-state index is 0.0337. The van der Waals surface area contributed by atoms with Crippen LogP contribution in [0.2, 0.25) is 5.02 Å².